The highest BCUT2D eigenvalue weighted by Crippen LogP contribution is 2.31. The van der Waals surface area contributed by atoms with Gasteiger partial charge < -0.3 is 9.88 Å². The highest BCUT2D eigenvalue weighted by Gasteiger charge is 2.23. The molecule has 1 aliphatic rings. The predicted molar refractivity (Wildman–Crippen MR) is 120 cm³/mol. The molecule has 1 unspecified atom stereocenters. The number of fused-ring (bicyclic) bond motifs is 1. The van der Waals surface area contributed by atoms with Gasteiger partial charge in [0, 0.05) is 34.9 Å². The largest absolute Gasteiger partial charge is 0.334 e. The third-order valence-electron chi connectivity index (χ3n) is 6.08. The first-order valence-corrected chi connectivity index (χ1v) is 10.7. The molecular weight excluding hydrogens is 370 g/mol. The van der Waals surface area contributed by atoms with E-state index < -0.39 is 0 Å². The molecule has 5 rings (SSSR count). The van der Waals surface area contributed by atoms with Gasteiger partial charge >= 0.3 is 0 Å². The van der Waals surface area contributed by atoms with E-state index in [0.717, 1.165) is 48.0 Å². The second-order valence-corrected chi connectivity index (χ2v) is 8.04. The summed E-state index contributed by atoms with van der Waals surface area (Å²) in [7, 11) is 0. The summed E-state index contributed by atoms with van der Waals surface area (Å²) in [6.45, 7) is 0. The van der Waals surface area contributed by atoms with Gasteiger partial charge in [-0.25, -0.2) is 0 Å². The number of benzene rings is 2. The van der Waals surface area contributed by atoms with Crippen molar-refractivity contribution in [3.05, 3.63) is 96.4 Å². The Hall–Kier alpha value is -3.40. The molecule has 1 fully saturated rings. The first-order chi connectivity index (χ1) is 14.8. The van der Waals surface area contributed by atoms with Crippen LogP contribution in [0.1, 0.15) is 43.0 Å². The first kappa shape index (κ1) is 18.6. The van der Waals surface area contributed by atoms with Crippen LogP contribution in [-0.2, 0) is 4.79 Å². The van der Waals surface area contributed by atoms with Crippen LogP contribution >= 0.6 is 0 Å². The average Bonchev–Trinajstić information content (AvgIpc) is 3.46. The highest BCUT2D eigenvalue weighted by atomic mass is 16.1. The summed E-state index contributed by atoms with van der Waals surface area (Å²) in [5, 5.41) is 4.22. The van der Waals surface area contributed by atoms with Gasteiger partial charge in [-0.2, -0.15) is 0 Å². The molecule has 1 N–H and O–H groups in total. The SMILES string of the molecule is O=C(Nc1ccc2c(ccn2C(c2ccccc2)c2ccccn2)c1)C1CCCC1. The van der Waals surface area contributed by atoms with Gasteiger partial charge in [0.15, 0.2) is 0 Å². The van der Waals surface area contributed by atoms with Crippen molar-refractivity contribution in [3.8, 4) is 0 Å². The molecule has 4 nitrogen and oxygen atoms in total. The number of hydrogen-bond donors (Lipinski definition) is 1. The summed E-state index contributed by atoms with van der Waals surface area (Å²) >= 11 is 0. The molecule has 0 saturated heterocycles. The average molecular weight is 396 g/mol. The zero-order valence-electron chi connectivity index (χ0n) is 16.9. The molecule has 1 aliphatic carbocycles. The molecule has 2 aromatic carbocycles. The van der Waals surface area contributed by atoms with E-state index in [1.54, 1.807) is 0 Å². The maximum absolute atomic E-state index is 12.5. The number of amides is 1. The van der Waals surface area contributed by atoms with Crippen molar-refractivity contribution in [2.45, 2.75) is 31.7 Å². The van der Waals surface area contributed by atoms with E-state index in [0.29, 0.717) is 0 Å². The summed E-state index contributed by atoms with van der Waals surface area (Å²) in [5.41, 5.74) is 4.17. The Morgan fingerprint density at radius 2 is 1.77 bits per heavy atom. The Labute approximate surface area is 176 Å². The van der Waals surface area contributed by atoms with Crippen molar-refractivity contribution in [1.29, 1.82) is 0 Å². The highest BCUT2D eigenvalue weighted by molar-refractivity contribution is 5.95. The van der Waals surface area contributed by atoms with Crippen LogP contribution in [-0.4, -0.2) is 15.5 Å². The third kappa shape index (κ3) is 3.61. The molecule has 0 aliphatic heterocycles. The number of carbonyl (C=O) groups is 1. The number of anilines is 1. The van der Waals surface area contributed by atoms with Crippen LogP contribution in [0.3, 0.4) is 0 Å². The second-order valence-electron chi connectivity index (χ2n) is 8.04. The molecule has 1 saturated carbocycles. The van der Waals surface area contributed by atoms with E-state index in [-0.39, 0.29) is 17.9 Å². The van der Waals surface area contributed by atoms with E-state index in [4.69, 9.17) is 0 Å². The Balaban J connectivity index is 1.50. The number of nitrogens with zero attached hydrogens (tertiary/aromatic N) is 2. The fourth-order valence-electron chi connectivity index (χ4n) is 4.55. The second kappa shape index (κ2) is 8.15. The van der Waals surface area contributed by atoms with E-state index in [9.17, 15) is 4.79 Å². The molecule has 30 heavy (non-hydrogen) atoms. The molecule has 1 amide bonds. The maximum Gasteiger partial charge on any atom is 0.227 e. The number of rotatable bonds is 5. The van der Waals surface area contributed by atoms with Crippen LogP contribution in [0.4, 0.5) is 5.69 Å². The van der Waals surface area contributed by atoms with Gasteiger partial charge in [0.1, 0.15) is 6.04 Å². The van der Waals surface area contributed by atoms with Crippen molar-refractivity contribution in [2.24, 2.45) is 5.92 Å². The maximum atomic E-state index is 12.5. The fourth-order valence-corrected chi connectivity index (χ4v) is 4.55. The topological polar surface area (TPSA) is 46.9 Å². The Kier molecular flexibility index (Phi) is 5.06. The van der Waals surface area contributed by atoms with Crippen molar-refractivity contribution < 1.29 is 4.79 Å². The van der Waals surface area contributed by atoms with E-state index in [2.05, 4.69) is 69.6 Å². The number of hydrogen-bond acceptors (Lipinski definition) is 2. The lowest BCUT2D eigenvalue weighted by molar-refractivity contribution is -0.119. The van der Waals surface area contributed by atoms with Crippen molar-refractivity contribution >= 4 is 22.5 Å². The molecule has 0 radical (unpaired) electrons. The molecule has 0 spiro atoms. The van der Waals surface area contributed by atoms with Crippen molar-refractivity contribution in [1.82, 2.24) is 9.55 Å². The molecule has 0 bridgehead atoms. The van der Waals surface area contributed by atoms with Crippen molar-refractivity contribution in [3.63, 3.8) is 0 Å². The monoisotopic (exact) mass is 395 g/mol. The standard InChI is InChI=1S/C26H25N3O/c30-26(20-10-4-5-11-20)28-22-13-14-24-21(18-22)15-17-29(24)25(19-8-2-1-3-9-19)23-12-6-7-16-27-23/h1-3,6-9,12-18,20,25H,4-5,10-11H2,(H,28,30). The minimum atomic E-state index is -0.0103. The lowest BCUT2D eigenvalue weighted by Gasteiger charge is -2.20. The lowest BCUT2D eigenvalue weighted by Crippen LogP contribution is -2.20. The number of nitrogens with one attached hydrogen (secondary N) is 1. The smallest absolute Gasteiger partial charge is 0.227 e. The van der Waals surface area contributed by atoms with Gasteiger partial charge in [-0.05, 0) is 54.8 Å². The summed E-state index contributed by atoms with van der Waals surface area (Å²) in [6.07, 6.45) is 8.29. The van der Waals surface area contributed by atoms with Gasteiger partial charge in [0.05, 0.1) is 5.69 Å². The fraction of sp³-hybridized carbons (Fsp3) is 0.231. The van der Waals surface area contributed by atoms with Crippen LogP contribution in [0, 0.1) is 5.92 Å². The molecule has 150 valence electrons. The van der Waals surface area contributed by atoms with E-state index in [1.165, 1.54) is 5.56 Å². The van der Waals surface area contributed by atoms with E-state index >= 15 is 0 Å². The zero-order valence-corrected chi connectivity index (χ0v) is 16.9. The first-order valence-electron chi connectivity index (χ1n) is 10.7. The Bertz CT molecular complexity index is 1110. The molecule has 4 heteroatoms. The summed E-state index contributed by atoms with van der Waals surface area (Å²) in [5.74, 6) is 0.318. The number of carbonyl (C=O) groups excluding carboxylic acids is 1. The van der Waals surface area contributed by atoms with Gasteiger partial charge in [-0.15, -0.1) is 0 Å². The van der Waals surface area contributed by atoms with Gasteiger partial charge in [0.2, 0.25) is 5.91 Å². The minimum Gasteiger partial charge on any atom is -0.334 e. The van der Waals surface area contributed by atoms with Crippen LogP contribution < -0.4 is 5.32 Å². The van der Waals surface area contributed by atoms with Gasteiger partial charge in [-0.1, -0.05) is 49.2 Å². The number of aromatic nitrogens is 2. The normalized spacial score (nSPS) is 15.3. The quantitative estimate of drug-likeness (QED) is 0.464. The Morgan fingerprint density at radius 3 is 2.53 bits per heavy atom. The third-order valence-corrected chi connectivity index (χ3v) is 6.08. The zero-order chi connectivity index (χ0) is 20.3. The Morgan fingerprint density at radius 1 is 0.967 bits per heavy atom. The molecular formula is C26H25N3O. The van der Waals surface area contributed by atoms with Gasteiger partial charge in [-0.3, -0.25) is 9.78 Å². The molecule has 2 heterocycles. The predicted octanol–water partition coefficient (Wildman–Crippen LogP) is 5.80. The van der Waals surface area contributed by atoms with Crippen LogP contribution in [0.5, 0.6) is 0 Å². The summed E-state index contributed by atoms with van der Waals surface area (Å²) in [4.78, 5) is 17.2. The summed E-state index contributed by atoms with van der Waals surface area (Å²) in [6, 6.07) is 24.8. The van der Waals surface area contributed by atoms with Crippen LogP contribution in [0.25, 0.3) is 10.9 Å². The minimum absolute atomic E-state index is 0.0103. The van der Waals surface area contributed by atoms with Gasteiger partial charge in [0.25, 0.3) is 0 Å². The number of pyridine rings is 1. The van der Waals surface area contributed by atoms with Crippen LogP contribution in [0.15, 0.2) is 85.2 Å². The lowest BCUT2D eigenvalue weighted by atomic mass is 10.0. The summed E-state index contributed by atoms with van der Waals surface area (Å²) < 4.78 is 2.26. The molecule has 2 aromatic heterocycles. The van der Waals surface area contributed by atoms with Crippen LogP contribution in [0.2, 0.25) is 0 Å². The molecule has 1 atom stereocenters. The van der Waals surface area contributed by atoms with Crippen molar-refractivity contribution in [2.75, 3.05) is 5.32 Å². The molecule has 4 aromatic rings. The van der Waals surface area contributed by atoms with E-state index in [1.807, 2.05) is 30.5 Å².